The number of aliphatic hydroxyl groups excluding tert-OH is 1. The summed E-state index contributed by atoms with van der Waals surface area (Å²) in [7, 11) is 0. The predicted octanol–water partition coefficient (Wildman–Crippen LogP) is 0.405. The number of morpholine rings is 1. The number of aromatic nitrogens is 1. The SMILES string of the molecule is CCN(CC)c1nc(N)c(C(=O)N2CCOC(CO)C2)s1. The van der Waals surface area contributed by atoms with Gasteiger partial charge in [0.1, 0.15) is 10.7 Å². The third-order valence-electron chi connectivity index (χ3n) is 3.50. The van der Waals surface area contributed by atoms with E-state index in [4.69, 9.17) is 15.6 Å². The molecule has 2 rings (SSSR count). The van der Waals surface area contributed by atoms with Gasteiger partial charge >= 0.3 is 0 Å². The standard InChI is InChI=1S/C13H22N4O3S/c1-3-16(4-2)13-15-11(14)10(21-13)12(19)17-5-6-20-9(7-17)8-18/h9,18H,3-8,14H2,1-2H3. The van der Waals surface area contributed by atoms with Crippen molar-refractivity contribution in [3.8, 4) is 0 Å². The maximum absolute atomic E-state index is 12.6. The van der Waals surface area contributed by atoms with E-state index in [0.29, 0.717) is 24.6 Å². The quantitative estimate of drug-likeness (QED) is 0.817. The minimum Gasteiger partial charge on any atom is -0.394 e. The highest BCUT2D eigenvalue weighted by Gasteiger charge is 2.28. The number of hydrogen-bond donors (Lipinski definition) is 2. The molecule has 7 nitrogen and oxygen atoms in total. The van der Waals surface area contributed by atoms with Gasteiger partial charge < -0.3 is 25.4 Å². The van der Waals surface area contributed by atoms with E-state index < -0.39 is 0 Å². The number of thiazole rings is 1. The Morgan fingerprint density at radius 1 is 1.57 bits per heavy atom. The minimum absolute atomic E-state index is 0.0906. The van der Waals surface area contributed by atoms with Crippen LogP contribution in [0.1, 0.15) is 23.5 Å². The number of hydrogen-bond acceptors (Lipinski definition) is 7. The van der Waals surface area contributed by atoms with E-state index in [1.807, 2.05) is 13.8 Å². The number of aliphatic hydroxyl groups is 1. The topological polar surface area (TPSA) is 91.9 Å². The summed E-state index contributed by atoms with van der Waals surface area (Å²) in [6.07, 6.45) is -0.320. The molecule has 0 spiro atoms. The summed E-state index contributed by atoms with van der Waals surface area (Å²) < 4.78 is 5.36. The van der Waals surface area contributed by atoms with Gasteiger partial charge in [0.15, 0.2) is 5.13 Å². The molecule has 1 saturated heterocycles. The molecule has 0 saturated carbocycles. The molecule has 1 aromatic heterocycles. The van der Waals surface area contributed by atoms with Gasteiger partial charge in [-0.05, 0) is 13.8 Å². The zero-order chi connectivity index (χ0) is 15.4. The number of nitrogen functional groups attached to an aromatic ring is 1. The molecule has 3 N–H and O–H groups in total. The fraction of sp³-hybridized carbons (Fsp3) is 0.692. The number of amides is 1. The van der Waals surface area contributed by atoms with Crippen LogP contribution < -0.4 is 10.6 Å². The van der Waals surface area contributed by atoms with Crippen molar-refractivity contribution < 1.29 is 14.6 Å². The van der Waals surface area contributed by atoms with Crippen molar-refractivity contribution in [3.63, 3.8) is 0 Å². The Hall–Kier alpha value is -1.38. The van der Waals surface area contributed by atoms with Crippen LogP contribution in [0.15, 0.2) is 0 Å². The highest BCUT2D eigenvalue weighted by Crippen LogP contribution is 2.29. The van der Waals surface area contributed by atoms with Gasteiger partial charge in [-0.3, -0.25) is 4.79 Å². The lowest BCUT2D eigenvalue weighted by Crippen LogP contribution is -2.46. The van der Waals surface area contributed by atoms with Gasteiger partial charge in [-0.15, -0.1) is 0 Å². The first-order valence-electron chi connectivity index (χ1n) is 7.13. The first-order valence-corrected chi connectivity index (χ1v) is 7.95. The molecule has 1 amide bonds. The normalized spacial score (nSPS) is 18.8. The third-order valence-corrected chi connectivity index (χ3v) is 4.62. The molecule has 1 aliphatic rings. The maximum Gasteiger partial charge on any atom is 0.268 e. The molecule has 21 heavy (non-hydrogen) atoms. The zero-order valence-electron chi connectivity index (χ0n) is 12.4. The largest absolute Gasteiger partial charge is 0.394 e. The molecule has 1 aliphatic heterocycles. The van der Waals surface area contributed by atoms with E-state index in [2.05, 4.69) is 9.88 Å². The Labute approximate surface area is 128 Å². The molecule has 0 radical (unpaired) electrons. The molecule has 8 heteroatoms. The molecular formula is C13H22N4O3S. The molecule has 1 aromatic rings. The Bertz CT molecular complexity index is 490. The summed E-state index contributed by atoms with van der Waals surface area (Å²) >= 11 is 1.32. The molecule has 118 valence electrons. The van der Waals surface area contributed by atoms with Crippen molar-refractivity contribution in [2.24, 2.45) is 0 Å². The summed E-state index contributed by atoms with van der Waals surface area (Å²) in [4.78, 5) is 21.1. The fourth-order valence-electron chi connectivity index (χ4n) is 2.26. The number of carbonyl (C=O) groups excluding carboxylic acids is 1. The molecule has 1 fully saturated rings. The summed E-state index contributed by atoms with van der Waals surface area (Å²) in [5, 5.41) is 9.92. The van der Waals surface area contributed by atoms with Gasteiger partial charge in [-0.1, -0.05) is 11.3 Å². The average Bonchev–Trinajstić information content (AvgIpc) is 2.89. The number of rotatable bonds is 5. The van der Waals surface area contributed by atoms with E-state index >= 15 is 0 Å². The molecule has 0 aromatic carbocycles. The fourth-order valence-corrected chi connectivity index (χ4v) is 3.34. The number of nitrogens with two attached hydrogens (primary N) is 1. The van der Waals surface area contributed by atoms with Gasteiger partial charge in [-0.2, -0.15) is 0 Å². The van der Waals surface area contributed by atoms with Crippen LogP contribution in [0.25, 0.3) is 0 Å². The van der Waals surface area contributed by atoms with Crippen LogP contribution >= 0.6 is 11.3 Å². The number of carbonyl (C=O) groups is 1. The number of nitrogens with zero attached hydrogens (tertiary/aromatic N) is 3. The van der Waals surface area contributed by atoms with Crippen molar-refractivity contribution in [2.75, 3.05) is 50.0 Å². The minimum atomic E-state index is -0.320. The molecule has 0 bridgehead atoms. The summed E-state index contributed by atoms with van der Waals surface area (Å²) in [5.41, 5.74) is 5.91. The van der Waals surface area contributed by atoms with Crippen LogP contribution in [-0.4, -0.2) is 66.4 Å². The lowest BCUT2D eigenvalue weighted by atomic mass is 10.2. The maximum atomic E-state index is 12.6. The Morgan fingerprint density at radius 3 is 2.90 bits per heavy atom. The van der Waals surface area contributed by atoms with Gasteiger partial charge in [0.2, 0.25) is 0 Å². The van der Waals surface area contributed by atoms with Gasteiger partial charge in [0.25, 0.3) is 5.91 Å². The second kappa shape index (κ2) is 7.06. The van der Waals surface area contributed by atoms with E-state index in [1.54, 1.807) is 4.90 Å². The van der Waals surface area contributed by atoms with E-state index in [0.717, 1.165) is 18.2 Å². The highest BCUT2D eigenvalue weighted by atomic mass is 32.1. The van der Waals surface area contributed by atoms with E-state index in [-0.39, 0.29) is 24.4 Å². The Kier molecular flexibility index (Phi) is 5.38. The van der Waals surface area contributed by atoms with Crippen molar-refractivity contribution in [3.05, 3.63) is 4.88 Å². The monoisotopic (exact) mass is 314 g/mol. The lowest BCUT2D eigenvalue weighted by Gasteiger charge is -2.31. The van der Waals surface area contributed by atoms with Crippen LogP contribution in [0.3, 0.4) is 0 Å². The van der Waals surface area contributed by atoms with Crippen molar-refractivity contribution in [1.82, 2.24) is 9.88 Å². The smallest absolute Gasteiger partial charge is 0.268 e. The Morgan fingerprint density at radius 2 is 2.29 bits per heavy atom. The zero-order valence-corrected chi connectivity index (χ0v) is 13.2. The van der Waals surface area contributed by atoms with Crippen molar-refractivity contribution in [1.29, 1.82) is 0 Å². The van der Waals surface area contributed by atoms with Crippen LogP contribution in [-0.2, 0) is 4.74 Å². The van der Waals surface area contributed by atoms with Crippen LogP contribution in [0.5, 0.6) is 0 Å². The molecule has 0 aliphatic carbocycles. The van der Waals surface area contributed by atoms with Crippen LogP contribution in [0, 0.1) is 0 Å². The van der Waals surface area contributed by atoms with Gasteiger partial charge in [0.05, 0.1) is 19.3 Å². The molecular weight excluding hydrogens is 292 g/mol. The Balaban J connectivity index is 2.15. The van der Waals surface area contributed by atoms with Crippen LogP contribution in [0.2, 0.25) is 0 Å². The molecule has 1 unspecified atom stereocenters. The van der Waals surface area contributed by atoms with Gasteiger partial charge in [-0.25, -0.2) is 4.98 Å². The van der Waals surface area contributed by atoms with Gasteiger partial charge in [0, 0.05) is 26.2 Å². The van der Waals surface area contributed by atoms with Crippen molar-refractivity contribution >= 4 is 28.2 Å². The third kappa shape index (κ3) is 3.45. The summed E-state index contributed by atoms with van der Waals surface area (Å²) in [6.45, 7) is 6.95. The first-order chi connectivity index (χ1) is 10.1. The summed E-state index contributed by atoms with van der Waals surface area (Å²) in [6, 6.07) is 0. The highest BCUT2D eigenvalue weighted by molar-refractivity contribution is 7.18. The average molecular weight is 314 g/mol. The molecule has 1 atom stereocenters. The van der Waals surface area contributed by atoms with E-state index in [9.17, 15) is 4.79 Å². The predicted molar refractivity (Wildman–Crippen MR) is 82.8 cm³/mol. The number of ether oxygens (including phenoxy) is 1. The second-order valence-corrected chi connectivity index (χ2v) is 5.79. The summed E-state index contributed by atoms with van der Waals surface area (Å²) in [5.74, 6) is 0.143. The van der Waals surface area contributed by atoms with Crippen molar-refractivity contribution in [2.45, 2.75) is 20.0 Å². The lowest BCUT2D eigenvalue weighted by molar-refractivity contribution is -0.0445. The van der Waals surface area contributed by atoms with E-state index in [1.165, 1.54) is 11.3 Å². The first kappa shape index (κ1) is 16.0. The second-order valence-electron chi connectivity index (χ2n) is 4.81. The van der Waals surface area contributed by atoms with Crippen LogP contribution in [0.4, 0.5) is 10.9 Å². The number of anilines is 2. The molecule has 2 heterocycles.